The molecule has 2 rings (SSSR count). The Bertz CT molecular complexity index is 627. The molecular formula is C11H9N3O6. The Hall–Kier alpha value is -2.84. The fourth-order valence-electron chi connectivity index (χ4n) is 1.97. The zero-order valence-electron chi connectivity index (χ0n) is 10.1. The van der Waals surface area contributed by atoms with Gasteiger partial charge in [0.05, 0.1) is 15.9 Å². The average molecular weight is 279 g/mol. The van der Waals surface area contributed by atoms with Crippen LogP contribution in [-0.4, -0.2) is 33.1 Å². The average Bonchev–Trinajstić information content (AvgIpc) is 2.83. The smallest absolute Gasteiger partial charge is 0.278 e. The number of nitro benzene ring substituents is 2. The highest BCUT2D eigenvalue weighted by Gasteiger charge is 2.32. The standard InChI is InChI=1S/C11H9N3O6/c15-10-2-1-5-12(10)11(16)8-4-3-7(13(17)18)6-9(8)14(19)20/h3-4,6H,1-2,5H2. The predicted molar refractivity (Wildman–Crippen MR) is 65.0 cm³/mol. The van der Waals surface area contributed by atoms with Crippen LogP contribution in [0.4, 0.5) is 11.4 Å². The van der Waals surface area contributed by atoms with Crippen molar-refractivity contribution >= 4 is 23.2 Å². The molecule has 0 unspecified atom stereocenters. The van der Waals surface area contributed by atoms with E-state index in [9.17, 15) is 29.8 Å². The minimum atomic E-state index is -0.874. The Morgan fingerprint density at radius 2 is 1.90 bits per heavy atom. The molecule has 0 saturated carbocycles. The molecule has 0 bridgehead atoms. The molecule has 1 fully saturated rings. The van der Waals surface area contributed by atoms with Gasteiger partial charge in [0.25, 0.3) is 17.3 Å². The first kappa shape index (κ1) is 13.6. The molecule has 1 heterocycles. The van der Waals surface area contributed by atoms with E-state index in [0.29, 0.717) is 12.5 Å². The SMILES string of the molecule is O=C1CCCN1C(=O)c1ccc([N+](=O)[O-])cc1[N+](=O)[O-]. The van der Waals surface area contributed by atoms with Crippen LogP contribution in [0.15, 0.2) is 18.2 Å². The first-order valence-corrected chi connectivity index (χ1v) is 5.69. The van der Waals surface area contributed by atoms with E-state index in [0.717, 1.165) is 17.0 Å². The lowest BCUT2D eigenvalue weighted by Crippen LogP contribution is -2.32. The van der Waals surface area contributed by atoms with Crippen LogP contribution in [0.2, 0.25) is 0 Å². The normalized spacial score (nSPS) is 14.4. The quantitative estimate of drug-likeness (QED) is 0.466. The Morgan fingerprint density at radius 1 is 1.20 bits per heavy atom. The number of likely N-dealkylation sites (tertiary alicyclic amines) is 1. The number of carbonyl (C=O) groups is 2. The second-order valence-electron chi connectivity index (χ2n) is 4.17. The van der Waals surface area contributed by atoms with Gasteiger partial charge < -0.3 is 0 Å². The molecule has 104 valence electrons. The molecule has 9 nitrogen and oxygen atoms in total. The Balaban J connectivity index is 2.45. The van der Waals surface area contributed by atoms with Crippen LogP contribution < -0.4 is 0 Å². The Morgan fingerprint density at radius 3 is 2.40 bits per heavy atom. The Labute approximate surface area is 112 Å². The lowest BCUT2D eigenvalue weighted by atomic mass is 10.1. The summed E-state index contributed by atoms with van der Waals surface area (Å²) in [5.41, 5.74) is -1.49. The molecule has 9 heteroatoms. The minimum absolute atomic E-state index is 0.200. The summed E-state index contributed by atoms with van der Waals surface area (Å²) in [6, 6.07) is 2.72. The number of imide groups is 1. The lowest BCUT2D eigenvalue weighted by molar-refractivity contribution is -0.394. The van der Waals surface area contributed by atoms with Gasteiger partial charge in [-0.1, -0.05) is 0 Å². The van der Waals surface area contributed by atoms with Crippen molar-refractivity contribution in [2.45, 2.75) is 12.8 Å². The fourth-order valence-corrected chi connectivity index (χ4v) is 1.97. The molecule has 0 N–H and O–H groups in total. The summed E-state index contributed by atoms with van der Waals surface area (Å²) in [7, 11) is 0. The van der Waals surface area contributed by atoms with Crippen LogP contribution in [-0.2, 0) is 4.79 Å². The molecular weight excluding hydrogens is 270 g/mol. The maximum absolute atomic E-state index is 12.1. The van der Waals surface area contributed by atoms with E-state index in [1.54, 1.807) is 0 Å². The van der Waals surface area contributed by atoms with E-state index in [1.807, 2.05) is 0 Å². The van der Waals surface area contributed by atoms with Crippen molar-refractivity contribution < 1.29 is 19.4 Å². The molecule has 1 saturated heterocycles. The number of nitro groups is 2. The van der Waals surface area contributed by atoms with Gasteiger partial charge in [0.2, 0.25) is 5.91 Å². The zero-order chi connectivity index (χ0) is 14.9. The second-order valence-corrected chi connectivity index (χ2v) is 4.17. The first-order valence-electron chi connectivity index (χ1n) is 5.69. The summed E-state index contributed by atoms with van der Waals surface area (Å²) in [6.07, 6.45) is 0.720. The van der Waals surface area contributed by atoms with Crippen molar-refractivity contribution in [2.24, 2.45) is 0 Å². The summed E-state index contributed by atoms with van der Waals surface area (Å²) in [4.78, 5) is 44.4. The third-order valence-electron chi connectivity index (χ3n) is 2.94. The highest BCUT2D eigenvalue weighted by Crippen LogP contribution is 2.27. The van der Waals surface area contributed by atoms with Crippen LogP contribution in [0, 0.1) is 20.2 Å². The largest absolute Gasteiger partial charge is 0.289 e. The first-order chi connectivity index (χ1) is 9.41. The summed E-state index contributed by atoms with van der Waals surface area (Å²) in [6.45, 7) is 0.200. The van der Waals surface area contributed by atoms with Crippen LogP contribution in [0.25, 0.3) is 0 Å². The fraction of sp³-hybridized carbons (Fsp3) is 0.273. The molecule has 0 aliphatic carbocycles. The number of carbonyl (C=O) groups excluding carboxylic acids is 2. The molecule has 0 spiro atoms. The number of amides is 2. The summed E-state index contributed by atoms with van der Waals surface area (Å²) in [5.74, 6) is -1.20. The van der Waals surface area contributed by atoms with Gasteiger partial charge in [-0.15, -0.1) is 0 Å². The van der Waals surface area contributed by atoms with E-state index in [1.165, 1.54) is 0 Å². The molecule has 0 radical (unpaired) electrons. The highest BCUT2D eigenvalue weighted by molar-refractivity contribution is 6.07. The zero-order valence-corrected chi connectivity index (χ0v) is 10.1. The molecule has 1 aliphatic heterocycles. The maximum atomic E-state index is 12.1. The van der Waals surface area contributed by atoms with Crippen LogP contribution in [0.5, 0.6) is 0 Å². The lowest BCUT2D eigenvalue weighted by Gasteiger charge is -2.13. The van der Waals surface area contributed by atoms with Gasteiger partial charge in [0.1, 0.15) is 5.56 Å². The number of non-ortho nitro benzene ring substituents is 1. The number of rotatable bonds is 3. The van der Waals surface area contributed by atoms with Gasteiger partial charge in [0, 0.05) is 19.0 Å². The molecule has 20 heavy (non-hydrogen) atoms. The highest BCUT2D eigenvalue weighted by atomic mass is 16.6. The van der Waals surface area contributed by atoms with E-state index in [-0.39, 0.29) is 18.5 Å². The maximum Gasteiger partial charge on any atom is 0.289 e. The Kier molecular flexibility index (Phi) is 3.42. The van der Waals surface area contributed by atoms with E-state index < -0.39 is 33.0 Å². The topological polar surface area (TPSA) is 124 Å². The van der Waals surface area contributed by atoms with Gasteiger partial charge in [-0.25, -0.2) is 0 Å². The van der Waals surface area contributed by atoms with Crippen LogP contribution >= 0.6 is 0 Å². The number of benzene rings is 1. The van der Waals surface area contributed by atoms with Crippen molar-refractivity contribution in [1.82, 2.24) is 4.90 Å². The minimum Gasteiger partial charge on any atom is -0.278 e. The van der Waals surface area contributed by atoms with Gasteiger partial charge in [-0.3, -0.25) is 34.7 Å². The third-order valence-corrected chi connectivity index (χ3v) is 2.94. The van der Waals surface area contributed by atoms with Gasteiger partial charge in [-0.2, -0.15) is 0 Å². The summed E-state index contributed by atoms with van der Waals surface area (Å²) in [5, 5.41) is 21.5. The molecule has 0 atom stereocenters. The van der Waals surface area contributed by atoms with Crippen molar-refractivity contribution in [1.29, 1.82) is 0 Å². The summed E-state index contributed by atoms with van der Waals surface area (Å²) >= 11 is 0. The van der Waals surface area contributed by atoms with Crippen molar-refractivity contribution in [3.63, 3.8) is 0 Å². The predicted octanol–water partition coefficient (Wildman–Crippen LogP) is 1.27. The van der Waals surface area contributed by atoms with Gasteiger partial charge >= 0.3 is 0 Å². The van der Waals surface area contributed by atoms with E-state index in [4.69, 9.17) is 0 Å². The molecule has 1 aromatic rings. The molecule has 1 aliphatic rings. The third kappa shape index (κ3) is 2.32. The van der Waals surface area contributed by atoms with E-state index in [2.05, 4.69) is 0 Å². The van der Waals surface area contributed by atoms with Crippen LogP contribution in [0.3, 0.4) is 0 Å². The van der Waals surface area contributed by atoms with Crippen molar-refractivity contribution in [3.8, 4) is 0 Å². The number of nitrogens with zero attached hydrogens (tertiary/aromatic N) is 3. The number of hydrogen-bond donors (Lipinski definition) is 0. The molecule has 1 aromatic carbocycles. The number of hydrogen-bond acceptors (Lipinski definition) is 6. The second kappa shape index (κ2) is 5.03. The van der Waals surface area contributed by atoms with Gasteiger partial charge in [-0.05, 0) is 12.5 Å². The van der Waals surface area contributed by atoms with Crippen LogP contribution in [0.1, 0.15) is 23.2 Å². The van der Waals surface area contributed by atoms with E-state index >= 15 is 0 Å². The monoisotopic (exact) mass is 279 g/mol. The molecule has 2 amide bonds. The van der Waals surface area contributed by atoms with Crippen molar-refractivity contribution in [2.75, 3.05) is 6.54 Å². The van der Waals surface area contributed by atoms with Crippen molar-refractivity contribution in [3.05, 3.63) is 44.0 Å². The van der Waals surface area contributed by atoms with Gasteiger partial charge in [0.15, 0.2) is 0 Å². The summed E-state index contributed by atoms with van der Waals surface area (Å²) < 4.78 is 0. The molecule has 0 aromatic heterocycles.